The van der Waals surface area contributed by atoms with Gasteiger partial charge in [0.25, 0.3) is 0 Å². The summed E-state index contributed by atoms with van der Waals surface area (Å²) in [5.74, 6) is 0.139. The van der Waals surface area contributed by atoms with E-state index in [-0.39, 0.29) is 12.0 Å². The minimum Gasteiger partial charge on any atom is -0.373 e. The van der Waals surface area contributed by atoms with Crippen LogP contribution in [0, 0.1) is 0 Å². The van der Waals surface area contributed by atoms with Gasteiger partial charge in [-0.3, -0.25) is 4.79 Å². The van der Waals surface area contributed by atoms with Crippen LogP contribution in [0.25, 0.3) is 0 Å². The van der Waals surface area contributed by atoms with E-state index in [2.05, 4.69) is 0 Å². The Morgan fingerprint density at radius 3 is 2.74 bits per heavy atom. The van der Waals surface area contributed by atoms with Crippen molar-refractivity contribution in [2.75, 3.05) is 26.2 Å². The number of hydrogen-bond donors (Lipinski definition) is 1. The SMILES string of the molecule is CC(C)(C(=O)N1CCOC(CN)C1)c1ccccc1. The molecule has 1 aliphatic heterocycles. The molecule has 19 heavy (non-hydrogen) atoms. The Morgan fingerprint density at radius 1 is 1.42 bits per heavy atom. The van der Waals surface area contributed by atoms with Gasteiger partial charge in [-0.25, -0.2) is 0 Å². The topological polar surface area (TPSA) is 55.6 Å². The Morgan fingerprint density at radius 2 is 2.11 bits per heavy atom. The van der Waals surface area contributed by atoms with E-state index in [4.69, 9.17) is 10.5 Å². The maximum absolute atomic E-state index is 12.7. The van der Waals surface area contributed by atoms with Crippen molar-refractivity contribution in [1.29, 1.82) is 0 Å². The molecule has 0 radical (unpaired) electrons. The fraction of sp³-hybridized carbons (Fsp3) is 0.533. The highest BCUT2D eigenvalue weighted by Gasteiger charge is 2.35. The van der Waals surface area contributed by atoms with E-state index in [1.807, 2.05) is 49.1 Å². The van der Waals surface area contributed by atoms with E-state index in [1.165, 1.54) is 0 Å². The number of nitrogens with zero attached hydrogens (tertiary/aromatic N) is 1. The predicted molar refractivity (Wildman–Crippen MR) is 74.8 cm³/mol. The zero-order valence-corrected chi connectivity index (χ0v) is 11.6. The second-order valence-electron chi connectivity index (χ2n) is 5.47. The monoisotopic (exact) mass is 262 g/mol. The van der Waals surface area contributed by atoms with Crippen LogP contribution >= 0.6 is 0 Å². The number of benzene rings is 1. The van der Waals surface area contributed by atoms with Gasteiger partial charge in [0.1, 0.15) is 0 Å². The smallest absolute Gasteiger partial charge is 0.232 e. The first-order valence-electron chi connectivity index (χ1n) is 6.72. The molecule has 1 aliphatic rings. The van der Waals surface area contributed by atoms with Crippen LogP contribution in [-0.2, 0) is 14.9 Å². The van der Waals surface area contributed by atoms with Crippen LogP contribution in [0.3, 0.4) is 0 Å². The van der Waals surface area contributed by atoms with Gasteiger partial charge in [0.15, 0.2) is 0 Å². The molecule has 0 saturated carbocycles. The van der Waals surface area contributed by atoms with Crippen molar-refractivity contribution < 1.29 is 9.53 Å². The Kier molecular flexibility index (Phi) is 4.22. The molecule has 4 heteroatoms. The molecule has 0 spiro atoms. The van der Waals surface area contributed by atoms with Gasteiger partial charge in [-0.05, 0) is 19.4 Å². The lowest BCUT2D eigenvalue weighted by atomic mass is 9.83. The van der Waals surface area contributed by atoms with Gasteiger partial charge >= 0.3 is 0 Å². The summed E-state index contributed by atoms with van der Waals surface area (Å²) in [6.07, 6.45) is -0.0377. The highest BCUT2D eigenvalue weighted by molar-refractivity contribution is 5.87. The zero-order valence-electron chi connectivity index (χ0n) is 11.6. The molecule has 0 bridgehead atoms. The van der Waals surface area contributed by atoms with Gasteiger partial charge in [0.2, 0.25) is 5.91 Å². The van der Waals surface area contributed by atoms with Crippen molar-refractivity contribution in [1.82, 2.24) is 4.90 Å². The summed E-state index contributed by atoms with van der Waals surface area (Å²) in [5, 5.41) is 0. The molecule has 1 amide bonds. The van der Waals surface area contributed by atoms with Gasteiger partial charge in [-0.1, -0.05) is 30.3 Å². The normalized spacial score (nSPS) is 20.4. The lowest BCUT2D eigenvalue weighted by molar-refractivity contribution is -0.143. The van der Waals surface area contributed by atoms with Crippen LogP contribution in [-0.4, -0.2) is 43.2 Å². The van der Waals surface area contributed by atoms with Crippen LogP contribution in [0.1, 0.15) is 19.4 Å². The number of amides is 1. The molecule has 1 aromatic carbocycles. The summed E-state index contributed by atoms with van der Waals surface area (Å²) < 4.78 is 5.51. The number of nitrogens with two attached hydrogens (primary N) is 1. The maximum Gasteiger partial charge on any atom is 0.232 e. The van der Waals surface area contributed by atoms with Crippen molar-refractivity contribution in [3.63, 3.8) is 0 Å². The van der Waals surface area contributed by atoms with Crippen LogP contribution in [0.4, 0.5) is 0 Å². The molecule has 0 aliphatic carbocycles. The molecule has 1 saturated heterocycles. The lowest BCUT2D eigenvalue weighted by Gasteiger charge is -2.37. The third kappa shape index (κ3) is 2.96. The average Bonchev–Trinajstić information content (AvgIpc) is 2.47. The largest absolute Gasteiger partial charge is 0.373 e. The van der Waals surface area contributed by atoms with E-state index in [1.54, 1.807) is 0 Å². The summed E-state index contributed by atoms with van der Waals surface area (Å²) in [6, 6.07) is 9.89. The van der Waals surface area contributed by atoms with E-state index in [0.29, 0.717) is 26.2 Å². The standard InChI is InChI=1S/C15H22N2O2/c1-15(2,12-6-4-3-5-7-12)14(18)17-8-9-19-13(10-16)11-17/h3-7,13H,8-11,16H2,1-2H3. The van der Waals surface area contributed by atoms with Crippen molar-refractivity contribution in [2.24, 2.45) is 5.73 Å². The third-order valence-corrected chi connectivity index (χ3v) is 3.72. The van der Waals surface area contributed by atoms with Crippen molar-refractivity contribution in [2.45, 2.75) is 25.4 Å². The fourth-order valence-electron chi connectivity index (χ4n) is 2.42. The van der Waals surface area contributed by atoms with E-state index < -0.39 is 5.41 Å². The molecule has 1 atom stereocenters. The fourth-order valence-corrected chi connectivity index (χ4v) is 2.42. The summed E-state index contributed by atoms with van der Waals surface area (Å²) in [5.41, 5.74) is 6.14. The lowest BCUT2D eigenvalue weighted by Crippen LogP contribution is -2.52. The van der Waals surface area contributed by atoms with Crippen molar-refractivity contribution >= 4 is 5.91 Å². The third-order valence-electron chi connectivity index (χ3n) is 3.72. The molecule has 1 unspecified atom stereocenters. The highest BCUT2D eigenvalue weighted by atomic mass is 16.5. The van der Waals surface area contributed by atoms with Gasteiger partial charge in [-0.2, -0.15) is 0 Å². The van der Waals surface area contributed by atoms with Crippen LogP contribution in [0.2, 0.25) is 0 Å². The molecule has 104 valence electrons. The first-order chi connectivity index (χ1) is 9.05. The molecule has 1 fully saturated rings. The molecule has 1 heterocycles. The number of hydrogen-bond acceptors (Lipinski definition) is 3. The molecular formula is C15H22N2O2. The van der Waals surface area contributed by atoms with Gasteiger partial charge in [0.05, 0.1) is 18.1 Å². The quantitative estimate of drug-likeness (QED) is 0.889. The minimum absolute atomic E-state index is 0.0377. The Hall–Kier alpha value is -1.39. The van der Waals surface area contributed by atoms with E-state index >= 15 is 0 Å². The molecule has 2 rings (SSSR count). The van der Waals surface area contributed by atoms with Gasteiger partial charge < -0.3 is 15.4 Å². The zero-order chi connectivity index (χ0) is 13.9. The summed E-state index contributed by atoms with van der Waals surface area (Å²) in [6.45, 7) is 6.19. The van der Waals surface area contributed by atoms with Crippen LogP contribution < -0.4 is 5.73 Å². The minimum atomic E-state index is -0.516. The summed E-state index contributed by atoms with van der Waals surface area (Å²) in [7, 11) is 0. The number of carbonyl (C=O) groups is 1. The number of carbonyl (C=O) groups excluding carboxylic acids is 1. The van der Waals surface area contributed by atoms with Crippen LogP contribution in [0.5, 0.6) is 0 Å². The second kappa shape index (κ2) is 5.72. The summed E-state index contributed by atoms with van der Waals surface area (Å²) in [4.78, 5) is 14.6. The van der Waals surface area contributed by atoms with E-state index in [9.17, 15) is 4.79 Å². The molecular weight excluding hydrogens is 240 g/mol. The van der Waals surface area contributed by atoms with E-state index in [0.717, 1.165) is 5.56 Å². The van der Waals surface area contributed by atoms with Gasteiger partial charge in [-0.15, -0.1) is 0 Å². The average molecular weight is 262 g/mol. The number of morpholine rings is 1. The second-order valence-corrected chi connectivity index (χ2v) is 5.47. The Balaban J connectivity index is 2.14. The molecule has 2 N–H and O–H groups in total. The van der Waals surface area contributed by atoms with Crippen LogP contribution in [0.15, 0.2) is 30.3 Å². The van der Waals surface area contributed by atoms with Crippen molar-refractivity contribution in [3.05, 3.63) is 35.9 Å². The highest BCUT2D eigenvalue weighted by Crippen LogP contribution is 2.26. The van der Waals surface area contributed by atoms with Gasteiger partial charge in [0, 0.05) is 19.6 Å². The number of ether oxygens (including phenoxy) is 1. The predicted octanol–water partition coefficient (Wildman–Crippen LogP) is 1.15. The Bertz CT molecular complexity index is 431. The summed E-state index contributed by atoms with van der Waals surface area (Å²) >= 11 is 0. The first kappa shape index (κ1) is 14.0. The molecule has 0 aromatic heterocycles. The number of rotatable bonds is 3. The van der Waals surface area contributed by atoms with Crippen molar-refractivity contribution in [3.8, 4) is 0 Å². The molecule has 1 aromatic rings. The maximum atomic E-state index is 12.7. The Labute approximate surface area is 114 Å². The first-order valence-corrected chi connectivity index (χ1v) is 6.72. The molecule has 4 nitrogen and oxygen atoms in total.